The number of benzene rings is 1. The largest absolute Gasteiger partial charge is 0.466 e. The number of hydrogen-bond acceptors (Lipinski definition) is 3. The van der Waals surface area contributed by atoms with Crippen molar-refractivity contribution in [2.24, 2.45) is 0 Å². The minimum Gasteiger partial charge on any atom is -0.466 e. The molecule has 0 bridgehead atoms. The first-order valence-electron chi connectivity index (χ1n) is 5.08. The zero-order valence-electron chi connectivity index (χ0n) is 9.03. The molecule has 0 aliphatic heterocycles. The lowest BCUT2D eigenvalue weighted by Gasteiger charge is -2.02. The van der Waals surface area contributed by atoms with E-state index in [1.807, 2.05) is 0 Å². The third kappa shape index (κ3) is 4.03. The predicted molar refractivity (Wildman–Crippen MR) is 61.6 cm³/mol. The number of Topliss-reactive ketones (excluding diaryl/α,β-unsaturated/α-hetero) is 1. The molecule has 4 heteroatoms. The lowest BCUT2D eigenvalue weighted by molar-refractivity contribution is -0.143. The van der Waals surface area contributed by atoms with Crippen molar-refractivity contribution in [2.75, 3.05) is 6.61 Å². The second-order valence-electron chi connectivity index (χ2n) is 3.24. The molecular formula is C12H13ClO3. The molecule has 0 heterocycles. The summed E-state index contributed by atoms with van der Waals surface area (Å²) in [5, 5.41) is 0.516. The van der Waals surface area contributed by atoms with Crippen molar-refractivity contribution >= 4 is 23.4 Å². The van der Waals surface area contributed by atoms with Crippen LogP contribution in [0.1, 0.15) is 30.1 Å². The molecule has 1 rings (SSSR count). The van der Waals surface area contributed by atoms with E-state index >= 15 is 0 Å². The Balaban J connectivity index is 2.50. The quantitative estimate of drug-likeness (QED) is 0.587. The second-order valence-corrected chi connectivity index (χ2v) is 3.67. The number of ketones is 1. The van der Waals surface area contributed by atoms with Gasteiger partial charge < -0.3 is 4.74 Å². The molecule has 16 heavy (non-hydrogen) atoms. The van der Waals surface area contributed by atoms with Crippen LogP contribution in [-0.2, 0) is 9.53 Å². The van der Waals surface area contributed by atoms with Crippen LogP contribution < -0.4 is 0 Å². The first kappa shape index (κ1) is 12.7. The summed E-state index contributed by atoms with van der Waals surface area (Å²) in [6.07, 6.45) is 0.262. The van der Waals surface area contributed by atoms with Crippen molar-refractivity contribution in [3.05, 3.63) is 34.9 Å². The Labute approximate surface area is 99.4 Å². The van der Waals surface area contributed by atoms with Crippen molar-refractivity contribution in [3.8, 4) is 0 Å². The summed E-state index contributed by atoms with van der Waals surface area (Å²) in [5.74, 6) is -0.451. The van der Waals surface area contributed by atoms with Gasteiger partial charge in [0.05, 0.1) is 13.0 Å². The van der Waals surface area contributed by atoms with E-state index in [9.17, 15) is 9.59 Å². The highest BCUT2D eigenvalue weighted by molar-refractivity contribution is 6.31. The van der Waals surface area contributed by atoms with Crippen molar-refractivity contribution in [1.29, 1.82) is 0 Å². The molecule has 0 radical (unpaired) electrons. The van der Waals surface area contributed by atoms with E-state index in [-0.39, 0.29) is 24.6 Å². The fourth-order valence-electron chi connectivity index (χ4n) is 1.26. The maximum absolute atomic E-state index is 11.6. The van der Waals surface area contributed by atoms with Crippen LogP contribution in [0.15, 0.2) is 24.3 Å². The monoisotopic (exact) mass is 240 g/mol. The minimum atomic E-state index is -0.349. The van der Waals surface area contributed by atoms with Gasteiger partial charge in [-0.25, -0.2) is 0 Å². The summed E-state index contributed by atoms with van der Waals surface area (Å²) in [5.41, 5.74) is 0.525. The molecule has 0 saturated heterocycles. The highest BCUT2D eigenvalue weighted by atomic mass is 35.5. The number of rotatable bonds is 5. The molecule has 0 fully saturated rings. The van der Waals surface area contributed by atoms with E-state index in [2.05, 4.69) is 0 Å². The lowest BCUT2D eigenvalue weighted by atomic mass is 10.1. The Morgan fingerprint density at radius 1 is 1.31 bits per heavy atom. The van der Waals surface area contributed by atoms with Gasteiger partial charge in [0.2, 0.25) is 0 Å². The van der Waals surface area contributed by atoms with Gasteiger partial charge in [-0.1, -0.05) is 23.7 Å². The van der Waals surface area contributed by atoms with Crippen LogP contribution in [0.5, 0.6) is 0 Å². The molecular weight excluding hydrogens is 228 g/mol. The van der Waals surface area contributed by atoms with Crippen molar-refractivity contribution in [3.63, 3.8) is 0 Å². The number of carbonyl (C=O) groups is 2. The van der Waals surface area contributed by atoms with E-state index in [4.69, 9.17) is 16.3 Å². The summed E-state index contributed by atoms with van der Waals surface area (Å²) in [4.78, 5) is 22.7. The maximum atomic E-state index is 11.6. The van der Waals surface area contributed by atoms with Crippen LogP contribution in [-0.4, -0.2) is 18.4 Å². The molecule has 0 unspecified atom stereocenters. The van der Waals surface area contributed by atoms with Crippen LogP contribution in [0.2, 0.25) is 5.02 Å². The van der Waals surface area contributed by atoms with Crippen LogP contribution >= 0.6 is 11.6 Å². The third-order valence-electron chi connectivity index (χ3n) is 2.01. The van der Waals surface area contributed by atoms with Crippen LogP contribution in [0.25, 0.3) is 0 Å². The molecule has 0 amide bonds. The second kappa shape index (κ2) is 6.28. The average Bonchev–Trinajstić information content (AvgIpc) is 2.26. The molecule has 0 aliphatic carbocycles. The van der Waals surface area contributed by atoms with Gasteiger partial charge in [0, 0.05) is 17.0 Å². The number of esters is 1. The van der Waals surface area contributed by atoms with Crippen molar-refractivity contribution in [1.82, 2.24) is 0 Å². The Kier molecular flexibility index (Phi) is 4.99. The number of ether oxygens (including phenoxy) is 1. The van der Waals surface area contributed by atoms with Gasteiger partial charge in [0.25, 0.3) is 0 Å². The standard InChI is InChI=1S/C12H13ClO3/c1-2-16-12(15)7-6-11(14)9-4-3-5-10(13)8-9/h3-5,8H,2,6-7H2,1H3. The molecule has 0 aliphatic rings. The SMILES string of the molecule is CCOC(=O)CCC(=O)c1cccc(Cl)c1. The van der Waals surface area contributed by atoms with E-state index in [1.165, 1.54) is 0 Å². The van der Waals surface area contributed by atoms with E-state index in [0.717, 1.165) is 0 Å². The van der Waals surface area contributed by atoms with Gasteiger partial charge in [-0.2, -0.15) is 0 Å². The zero-order chi connectivity index (χ0) is 12.0. The number of carbonyl (C=O) groups excluding carboxylic acids is 2. The van der Waals surface area contributed by atoms with E-state index in [0.29, 0.717) is 17.2 Å². The van der Waals surface area contributed by atoms with Gasteiger partial charge in [0.15, 0.2) is 5.78 Å². The minimum absolute atomic E-state index is 0.101. The predicted octanol–water partition coefficient (Wildman–Crippen LogP) is 2.87. The Morgan fingerprint density at radius 2 is 2.06 bits per heavy atom. The van der Waals surface area contributed by atoms with Gasteiger partial charge in [-0.05, 0) is 19.1 Å². The summed E-state index contributed by atoms with van der Waals surface area (Å²) < 4.78 is 4.73. The molecule has 0 atom stereocenters. The maximum Gasteiger partial charge on any atom is 0.306 e. The summed E-state index contributed by atoms with van der Waals surface area (Å²) in [7, 11) is 0. The van der Waals surface area contributed by atoms with Gasteiger partial charge >= 0.3 is 5.97 Å². The molecule has 0 spiro atoms. The summed E-state index contributed by atoms with van der Waals surface area (Å²) in [6.45, 7) is 2.07. The van der Waals surface area contributed by atoms with Gasteiger partial charge in [-0.15, -0.1) is 0 Å². The van der Waals surface area contributed by atoms with Gasteiger partial charge in [-0.3, -0.25) is 9.59 Å². The molecule has 0 saturated carbocycles. The Morgan fingerprint density at radius 3 is 2.69 bits per heavy atom. The molecule has 1 aromatic rings. The average molecular weight is 241 g/mol. The molecule has 3 nitrogen and oxygen atoms in total. The van der Waals surface area contributed by atoms with E-state index < -0.39 is 0 Å². The van der Waals surface area contributed by atoms with Crippen LogP contribution in [0.4, 0.5) is 0 Å². The lowest BCUT2D eigenvalue weighted by Crippen LogP contribution is -2.07. The summed E-state index contributed by atoms with van der Waals surface area (Å²) in [6, 6.07) is 6.68. The molecule has 1 aromatic carbocycles. The molecule has 0 aromatic heterocycles. The molecule has 86 valence electrons. The fraction of sp³-hybridized carbons (Fsp3) is 0.333. The first-order chi connectivity index (χ1) is 7.63. The highest BCUT2D eigenvalue weighted by Gasteiger charge is 2.09. The zero-order valence-corrected chi connectivity index (χ0v) is 9.79. The topological polar surface area (TPSA) is 43.4 Å². The highest BCUT2D eigenvalue weighted by Crippen LogP contribution is 2.13. The van der Waals surface area contributed by atoms with Crippen molar-refractivity contribution in [2.45, 2.75) is 19.8 Å². The Bertz CT molecular complexity index is 388. The number of hydrogen-bond donors (Lipinski definition) is 0. The normalized spacial score (nSPS) is 9.88. The smallest absolute Gasteiger partial charge is 0.306 e. The van der Waals surface area contributed by atoms with Crippen molar-refractivity contribution < 1.29 is 14.3 Å². The number of halogens is 1. The van der Waals surface area contributed by atoms with Crippen LogP contribution in [0, 0.1) is 0 Å². The summed E-state index contributed by atoms with van der Waals surface area (Å²) >= 11 is 5.76. The third-order valence-corrected chi connectivity index (χ3v) is 2.24. The Hall–Kier alpha value is -1.35. The molecule has 0 N–H and O–H groups in total. The van der Waals surface area contributed by atoms with E-state index in [1.54, 1.807) is 31.2 Å². The fourth-order valence-corrected chi connectivity index (χ4v) is 1.45. The first-order valence-corrected chi connectivity index (χ1v) is 5.45. The van der Waals surface area contributed by atoms with Gasteiger partial charge in [0.1, 0.15) is 0 Å². The van der Waals surface area contributed by atoms with Crippen LogP contribution in [0.3, 0.4) is 0 Å².